The van der Waals surface area contributed by atoms with Crippen LogP contribution in [0.4, 0.5) is 13.2 Å². The Morgan fingerprint density at radius 3 is 2.55 bits per heavy atom. The summed E-state index contributed by atoms with van der Waals surface area (Å²) >= 11 is 2.62. The van der Waals surface area contributed by atoms with Crippen LogP contribution in [0.15, 0.2) is 36.4 Å². The molecule has 0 atom stereocenters. The van der Waals surface area contributed by atoms with Gasteiger partial charge in [0.1, 0.15) is 4.83 Å². The molecule has 0 fully saturated rings. The Labute approximate surface area is 140 Å². The van der Waals surface area contributed by atoms with Gasteiger partial charge in [-0.25, -0.2) is 4.68 Å². The summed E-state index contributed by atoms with van der Waals surface area (Å²) in [6, 6.07) is 9.72. The van der Waals surface area contributed by atoms with Crippen LogP contribution in [-0.2, 0) is 6.18 Å². The number of nitrogens with zero attached hydrogens (tertiary/aromatic N) is 2. The minimum Gasteiger partial charge on any atom is -0.294 e. The van der Waals surface area contributed by atoms with Crippen molar-refractivity contribution in [1.29, 1.82) is 0 Å². The molecule has 0 unspecified atom stereocenters. The van der Waals surface area contributed by atoms with Gasteiger partial charge in [0.25, 0.3) is 5.91 Å². The molecule has 2 heterocycles. The van der Waals surface area contributed by atoms with Crippen LogP contribution in [0.3, 0.4) is 0 Å². The van der Waals surface area contributed by atoms with Crippen molar-refractivity contribution < 1.29 is 18.0 Å². The van der Waals surface area contributed by atoms with Crippen molar-refractivity contribution in [1.82, 2.24) is 13.3 Å². The number of amides is 1. The number of fused-ring (bicyclic) bond motifs is 1. The van der Waals surface area contributed by atoms with Crippen LogP contribution < -0.4 is 3.53 Å². The summed E-state index contributed by atoms with van der Waals surface area (Å²) in [5, 5.41) is 3.61. The number of alkyl halides is 3. The minimum absolute atomic E-state index is 0.0728. The molecule has 1 aromatic carbocycles. The van der Waals surface area contributed by atoms with Crippen LogP contribution in [0.5, 0.6) is 0 Å². The van der Waals surface area contributed by atoms with Gasteiger partial charge in [-0.2, -0.15) is 18.3 Å². The molecule has 0 radical (unpaired) electrons. The van der Waals surface area contributed by atoms with Gasteiger partial charge in [-0.15, -0.1) is 11.3 Å². The maximum Gasteiger partial charge on any atom is 0.435 e. The summed E-state index contributed by atoms with van der Waals surface area (Å²) in [5.74, 6) is -0.436. The molecule has 114 valence electrons. The summed E-state index contributed by atoms with van der Waals surface area (Å²) in [4.78, 5) is 12.2. The Morgan fingerprint density at radius 1 is 1.27 bits per heavy atom. The van der Waals surface area contributed by atoms with Crippen molar-refractivity contribution in [2.24, 2.45) is 0 Å². The predicted octanol–water partition coefficient (Wildman–Crippen LogP) is 4.19. The largest absolute Gasteiger partial charge is 0.435 e. The van der Waals surface area contributed by atoms with Crippen LogP contribution in [0.2, 0.25) is 0 Å². The highest BCUT2D eigenvalue weighted by atomic mass is 127. The normalized spacial score (nSPS) is 11.8. The van der Waals surface area contributed by atoms with E-state index in [1.165, 1.54) is 10.7 Å². The molecule has 1 amide bonds. The molecular weight excluding hydrogens is 430 g/mol. The first-order valence-corrected chi connectivity index (χ1v) is 7.87. The minimum atomic E-state index is -4.59. The number of thiophene rings is 1. The van der Waals surface area contributed by atoms with Gasteiger partial charge in [0, 0.05) is 5.39 Å². The summed E-state index contributed by atoms with van der Waals surface area (Å²) in [5.41, 5.74) is -0.485. The molecule has 1 N–H and O–H groups in total. The molecule has 0 spiro atoms. The van der Waals surface area contributed by atoms with Gasteiger partial charge in [0.2, 0.25) is 0 Å². The van der Waals surface area contributed by atoms with Crippen LogP contribution in [0.25, 0.3) is 15.9 Å². The van der Waals surface area contributed by atoms with Gasteiger partial charge < -0.3 is 0 Å². The Kier molecular flexibility index (Phi) is 3.85. The van der Waals surface area contributed by atoms with E-state index in [0.29, 0.717) is 5.69 Å². The van der Waals surface area contributed by atoms with Crippen molar-refractivity contribution in [2.75, 3.05) is 0 Å². The first-order valence-electron chi connectivity index (χ1n) is 5.98. The fraction of sp³-hybridized carbons (Fsp3) is 0.0769. The monoisotopic (exact) mass is 437 g/mol. The van der Waals surface area contributed by atoms with Gasteiger partial charge in [-0.05, 0) is 18.2 Å². The van der Waals surface area contributed by atoms with Crippen molar-refractivity contribution in [3.05, 3.63) is 47.0 Å². The predicted molar refractivity (Wildman–Crippen MR) is 85.4 cm³/mol. The van der Waals surface area contributed by atoms with E-state index in [2.05, 4.69) is 8.63 Å². The molecule has 0 bridgehead atoms. The molecule has 3 rings (SSSR count). The second-order valence-corrected chi connectivity index (χ2v) is 5.92. The zero-order valence-electron chi connectivity index (χ0n) is 10.7. The molecular formula is C13H7F3IN3OS. The Morgan fingerprint density at radius 2 is 1.95 bits per heavy atom. The number of carbonyl (C=O) groups excluding carboxylic acids is 1. The van der Waals surface area contributed by atoms with Crippen molar-refractivity contribution in [3.63, 3.8) is 0 Å². The molecule has 22 heavy (non-hydrogen) atoms. The highest BCUT2D eigenvalue weighted by molar-refractivity contribution is 14.1. The summed E-state index contributed by atoms with van der Waals surface area (Å²) in [7, 11) is 0. The second-order valence-electron chi connectivity index (χ2n) is 4.35. The third-order valence-electron chi connectivity index (χ3n) is 2.94. The van der Waals surface area contributed by atoms with Gasteiger partial charge in [-0.1, -0.05) is 18.2 Å². The first kappa shape index (κ1) is 15.3. The zero-order valence-corrected chi connectivity index (χ0v) is 13.7. The number of hydrogen-bond acceptors (Lipinski definition) is 3. The average Bonchev–Trinajstić information content (AvgIpc) is 3.05. The summed E-state index contributed by atoms with van der Waals surface area (Å²) in [6.07, 6.45) is -4.59. The molecule has 0 aliphatic heterocycles. The molecule has 4 nitrogen and oxygen atoms in total. The van der Waals surface area contributed by atoms with Crippen LogP contribution >= 0.6 is 34.2 Å². The van der Waals surface area contributed by atoms with Crippen molar-refractivity contribution in [3.8, 4) is 5.69 Å². The number of aromatic nitrogens is 2. The van der Waals surface area contributed by atoms with Crippen molar-refractivity contribution >= 4 is 50.3 Å². The molecule has 0 aliphatic rings. The lowest BCUT2D eigenvalue weighted by atomic mass is 10.3. The van der Waals surface area contributed by atoms with Crippen molar-refractivity contribution in [2.45, 2.75) is 6.18 Å². The highest BCUT2D eigenvalue weighted by Gasteiger charge is 2.38. The maximum atomic E-state index is 13.2. The number of nitrogens with one attached hydrogen (secondary N) is 1. The summed E-state index contributed by atoms with van der Waals surface area (Å²) < 4.78 is 43.1. The first-order chi connectivity index (χ1) is 10.4. The molecule has 9 heteroatoms. The lowest BCUT2D eigenvalue weighted by Gasteiger charge is -2.03. The van der Waals surface area contributed by atoms with E-state index < -0.39 is 17.8 Å². The SMILES string of the molecule is O=C(NI)c1cc2c(C(F)(F)F)nn(-c3ccccc3)c2s1. The molecule has 3 aromatic rings. The van der Waals surface area contributed by atoms with Crippen LogP contribution in [0, 0.1) is 0 Å². The van der Waals surface area contributed by atoms with Crippen LogP contribution in [-0.4, -0.2) is 15.7 Å². The third kappa shape index (κ3) is 2.58. The Hall–Kier alpha value is -1.62. The quantitative estimate of drug-likeness (QED) is 0.483. The molecule has 0 saturated carbocycles. The topological polar surface area (TPSA) is 46.9 Å². The fourth-order valence-electron chi connectivity index (χ4n) is 2.02. The fourth-order valence-corrected chi connectivity index (χ4v) is 3.52. The van der Waals surface area contributed by atoms with E-state index in [-0.39, 0.29) is 15.1 Å². The average molecular weight is 437 g/mol. The number of rotatable bonds is 2. The Bertz CT molecular complexity index is 841. The number of halogens is 4. The second kappa shape index (κ2) is 5.54. The van der Waals surface area contributed by atoms with Crippen LogP contribution in [0.1, 0.15) is 15.4 Å². The van der Waals surface area contributed by atoms with E-state index in [1.54, 1.807) is 53.2 Å². The smallest absolute Gasteiger partial charge is 0.294 e. The van der Waals surface area contributed by atoms with E-state index in [1.807, 2.05) is 0 Å². The third-order valence-corrected chi connectivity index (χ3v) is 4.54. The number of hydrogen-bond donors (Lipinski definition) is 1. The number of carbonyl (C=O) groups is 1. The molecule has 2 aromatic heterocycles. The maximum absolute atomic E-state index is 13.2. The van der Waals surface area contributed by atoms with Gasteiger partial charge in [0.05, 0.1) is 33.4 Å². The molecule has 0 saturated heterocycles. The number of benzene rings is 1. The summed E-state index contributed by atoms with van der Waals surface area (Å²) in [6.45, 7) is 0. The van der Waals surface area contributed by atoms with Gasteiger partial charge in [-0.3, -0.25) is 8.32 Å². The van der Waals surface area contributed by atoms with Gasteiger partial charge >= 0.3 is 6.18 Å². The van der Waals surface area contributed by atoms with E-state index in [0.717, 1.165) is 11.3 Å². The van der Waals surface area contributed by atoms with E-state index in [4.69, 9.17) is 0 Å². The van der Waals surface area contributed by atoms with E-state index in [9.17, 15) is 18.0 Å². The van der Waals surface area contributed by atoms with Gasteiger partial charge in [0.15, 0.2) is 5.69 Å². The Balaban J connectivity index is 2.29. The number of para-hydroxylation sites is 1. The molecule has 0 aliphatic carbocycles. The van der Waals surface area contributed by atoms with E-state index >= 15 is 0 Å². The zero-order chi connectivity index (χ0) is 15.9. The lowest BCUT2D eigenvalue weighted by molar-refractivity contribution is -0.140. The standard InChI is InChI=1S/C13H7F3IN3OS/c14-13(15,16)10-8-6-9(11(21)18-17)22-12(8)20(19-10)7-4-2-1-3-5-7/h1-6H,(H,18,21). The lowest BCUT2D eigenvalue weighted by Crippen LogP contribution is -2.10. The highest BCUT2D eigenvalue weighted by Crippen LogP contribution is 2.38.